The minimum Gasteiger partial charge on any atom is -0.463 e. The van der Waals surface area contributed by atoms with Crippen LogP contribution in [0.2, 0.25) is 0 Å². The molecule has 0 radical (unpaired) electrons. The Labute approximate surface area is 160 Å². The second kappa shape index (κ2) is 7.56. The van der Waals surface area contributed by atoms with Crippen LogP contribution >= 0.6 is 12.2 Å². The normalized spacial score (nSPS) is 10.9. The summed E-state index contributed by atoms with van der Waals surface area (Å²) in [7, 11) is 0. The fourth-order valence-electron chi connectivity index (χ4n) is 2.65. The van der Waals surface area contributed by atoms with Crippen LogP contribution in [-0.2, 0) is 0 Å². The van der Waals surface area contributed by atoms with E-state index in [-0.39, 0.29) is 6.61 Å². The van der Waals surface area contributed by atoms with Crippen molar-refractivity contribution < 1.29 is 13.9 Å². The molecular weight excluding hydrogens is 364 g/mol. The van der Waals surface area contributed by atoms with Crippen LogP contribution in [0.1, 0.15) is 0 Å². The molecule has 3 N–H and O–H groups in total. The van der Waals surface area contributed by atoms with Crippen LogP contribution in [0.25, 0.3) is 33.9 Å². The standard InChI is InChI=1S/C19H16N4O3S/c24-8-7-20-19(27)21-12-5-6-13-14(11-12)23-18(16-4-2-10-26-16)17(22-13)15-3-1-9-25-15/h1-6,9-11,24H,7-8H2,(H2,20,21,27). The van der Waals surface area contributed by atoms with Gasteiger partial charge in [-0.2, -0.15) is 0 Å². The molecule has 0 amide bonds. The van der Waals surface area contributed by atoms with Crippen LogP contribution in [0, 0.1) is 0 Å². The van der Waals surface area contributed by atoms with Crippen molar-refractivity contribution in [2.75, 3.05) is 18.5 Å². The number of aliphatic hydroxyl groups is 1. The molecule has 4 rings (SSSR count). The molecule has 0 atom stereocenters. The first-order chi connectivity index (χ1) is 13.2. The second-order valence-electron chi connectivity index (χ2n) is 5.68. The predicted octanol–water partition coefficient (Wildman–Crippen LogP) is 3.43. The Bertz CT molecular complexity index is 1060. The number of benzene rings is 1. The van der Waals surface area contributed by atoms with E-state index in [2.05, 4.69) is 10.6 Å². The van der Waals surface area contributed by atoms with Crippen LogP contribution in [-0.4, -0.2) is 33.3 Å². The van der Waals surface area contributed by atoms with Gasteiger partial charge in [0.15, 0.2) is 16.6 Å². The Morgan fingerprint density at radius 1 is 0.963 bits per heavy atom. The molecule has 3 aromatic heterocycles. The molecular formula is C19H16N4O3S. The van der Waals surface area contributed by atoms with E-state index in [1.165, 1.54) is 0 Å². The summed E-state index contributed by atoms with van der Waals surface area (Å²) in [6.07, 6.45) is 3.19. The van der Waals surface area contributed by atoms with Gasteiger partial charge in [0, 0.05) is 12.2 Å². The Kier molecular flexibility index (Phi) is 4.82. The zero-order valence-corrected chi connectivity index (χ0v) is 15.0. The summed E-state index contributed by atoms with van der Waals surface area (Å²) in [4.78, 5) is 9.46. The number of hydrogen-bond acceptors (Lipinski definition) is 6. The zero-order valence-electron chi connectivity index (χ0n) is 14.2. The van der Waals surface area contributed by atoms with Crippen LogP contribution in [0.15, 0.2) is 63.8 Å². The van der Waals surface area contributed by atoms with Crippen LogP contribution in [0.5, 0.6) is 0 Å². The van der Waals surface area contributed by atoms with Crippen LogP contribution < -0.4 is 10.6 Å². The van der Waals surface area contributed by atoms with Crippen LogP contribution in [0.3, 0.4) is 0 Å². The molecule has 0 aliphatic rings. The highest BCUT2D eigenvalue weighted by atomic mass is 32.1. The third-order valence-corrected chi connectivity index (χ3v) is 4.07. The largest absolute Gasteiger partial charge is 0.463 e. The molecule has 0 spiro atoms. The summed E-state index contributed by atoms with van der Waals surface area (Å²) in [6, 6.07) is 12.9. The minimum atomic E-state index is 0.00702. The number of aliphatic hydroxyl groups excluding tert-OH is 1. The smallest absolute Gasteiger partial charge is 0.170 e. The number of nitrogens with zero attached hydrogens (tertiary/aromatic N) is 2. The molecule has 0 aliphatic heterocycles. The van der Waals surface area contributed by atoms with E-state index in [4.69, 9.17) is 36.1 Å². The van der Waals surface area contributed by atoms with E-state index in [0.717, 1.165) is 11.2 Å². The van der Waals surface area contributed by atoms with E-state index in [1.807, 2.05) is 30.3 Å². The fourth-order valence-corrected chi connectivity index (χ4v) is 2.87. The second-order valence-corrected chi connectivity index (χ2v) is 6.09. The zero-order chi connectivity index (χ0) is 18.6. The first-order valence-electron chi connectivity index (χ1n) is 8.30. The van der Waals surface area contributed by atoms with E-state index in [1.54, 1.807) is 24.7 Å². The van der Waals surface area contributed by atoms with E-state index < -0.39 is 0 Å². The first kappa shape index (κ1) is 17.2. The third kappa shape index (κ3) is 3.67. The van der Waals surface area contributed by atoms with Crippen molar-refractivity contribution in [1.29, 1.82) is 0 Å². The van der Waals surface area contributed by atoms with Gasteiger partial charge >= 0.3 is 0 Å². The fraction of sp³-hybridized carbons (Fsp3) is 0.105. The number of thiocarbonyl (C=S) groups is 1. The Hall–Kier alpha value is -3.23. The van der Waals surface area contributed by atoms with E-state index >= 15 is 0 Å². The van der Waals surface area contributed by atoms with Crippen molar-refractivity contribution in [3.63, 3.8) is 0 Å². The minimum absolute atomic E-state index is 0.00702. The maximum Gasteiger partial charge on any atom is 0.170 e. The molecule has 3 heterocycles. The van der Waals surface area contributed by atoms with Gasteiger partial charge in [0.1, 0.15) is 11.4 Å². The summed E-state index contributed by atoms with van der Waals surface area (Å²) in [5.41, 5.74) is 3.38. The van der Waals surface area contributed by atoms with Gasteiger partial charge in [-0.25, -0.2) is 9.97 Å². The van der Waals surface area contributed by atoms with Gasteiger partial charge in [0.2, 0.25) is 0 Å². The highest BCUT2D eigenvalue weighted by Gasteiger charge is 2.17. The number of nitrogens with one attached hydrogen (secondary N) is 2. The molecule has 0 bridgehead atoms. The summed E-state index contributed by atoms with van der Waals surface area (Å²) in [5, 5.41) is 15.3. The van der Waals surface area contributed by atoms with Crippen molar-refractivity contribution in [3.05, 3.63) is 55.0 Å². The lowest BCUT2D eigenvalue weighted by molar-refractivity contribution is 0.301. The molecule has 136 valence electrons. The molecule has 7 nitrogen and oxygen atoms in total. The highest BCUT2D eigenvalue weighted by Crippen LogP contribution is 2.32. The molecule has 27 heavy (non-hydrogen) atoms. The number of fused-ring (bicyclic) bond motifs is 1. The van der Waals surface area contributed by atoms with Gasteiger partial charge in [0.25, 0.3) is 0 Å². The number of furan rings is 2. The van der Waals surface area contributed by atoms with Crippen LogP contribution in [0.4, 0.5) is 5.69 Å². The summed E-state index contributed by atoms with van der Waals surface area (Å²) in [6.45, 7) is 0.390. The monoisotopic (exact) mass is 380 g/mol. The topological polar surface area (TPSA) is 96.3 Å². The van der Waals surface area contributed by atoms with E-state index in [9.17, 15) is 0 Å². The lowest BCUT2D eigenvalue weighted by Crippen LogP contribution is -2.30. The van der Waals surface area contributed by atoms with Crippen molar-refractivity contribution >= 4 is 34.1 Å². The predicted molar refractivity (Wildman–Crippen MR) is 106 cm³/mol. The summed E-state index contributed by atoms with van der Waals surface area (Å²) < 4.78 is 11.1. The van der Waals surface area contributed by atoms with Crippen molar-refractivity contribution in [3.8, 4) is 22.9 Å². The van der Waals surface area contributed by atoms with Crippen molar-refractivity contribution in [1.82, 2.24) is 15.3 Å². The SMILES string of the molecule is OCCNC(=S)Nc1ccc2nc(-c3ccco3)c(-c3ccco3)nc2c1. The molecule has 4 aromatic rings. The lowest BCUT2D eigenvalue weighted by atomic mass is 10.1. The quantitative estimate of drug-likeness (QED) is 0.453. The van der Waals surface area contributed by atoms with Gasteiger partial charge < -0.3 is 24.6 Å². The molecule has 0 aliphatic carbocycles. The summed E-state index contributed by atoms with van der Waals surface area (Å²) >= 11 is 5.19. The molecule has 0 fully saturated rings. The molecule has 8 heteroatoms. The maximum atomic E-state index is 8.86. The van der Waals surface area contributed by atoms with Crippen molar-refractivity contribution in [2.24, 2.45) is 0 Å². The maximum absolute atomic E-state index is 8.86. The Morgan fingerprint density at radius 3 is 2.22 bits per heavy atom. The lowest BCUT2D eigenvalue weighted by Gasteiger charge is -2.11. The highest BCUT2D eigenvalue weighted by molar-refractivity contribution is 7.80. The third-order valence-electron chi connectivity index (χ3n) is 3.83. The average molecular weight is 380 g/mol. The van der Waals surface area contributed by atoms with Gasteiger partial charge in [-0.15, -0.1) is 0 Å². The Balaban J connectivity index is 1.76. The molecule has 0 saturated carbocycles. The number of hydrogen-bond donors (Lipinski definition) is 3. The summed E-state index contributed by atoms with van der Waals surface area (Å²) in [5.74, 6) is 1.22. The number of anilines is 1. The molecule has 1 aromatic carbocycles. The van der Waals surface area contributed by atoms with Gasteiger partial charge in [-0.05, 0) is 54.7 Å². The number of aromatic nitrogens is 2. The molecule has 0 unspecified atom stereocenters. The van der Waals surface area contributed by atoms with Gasteiger partial charge in [-0.1, -0.05) is 0 Å². The number of rotatable bonds is 5. The average Bonchev–Trinajstić information content (AvgIpc) is 3.39. The van der Waals surface area contributed by atoms with Gasteiger partial charge in [-0.3, -0.25) is 0 Å². The Morgan fingerprint density at radius 2 is 1.63 bits per heavy atom. The van der Waals surface area contributed by atoms with Gasteiger partial charge in [0.05, 0.1) is 30.2 Å². The van der Waals surface area contributed by atoms with Crippen molar-refractivity contribution in [2.45, 2.75) is 0 Å². The van der Waals surface area contributed by atoms with E-state index in [0.29, 0.717) is 40.1 Å². The molecule has 0 saturated heterocycles. The first-order valence-corrected chi connectivity index (χ1v) is 8.70.